The van der Waals surface area contributed by atoms with Crippen molar-refractivity contribution in [3.05, 3.63) is 17.7 Å². The first kappa shape index (κ1) is 14.0. The molecule has 0 aliphatic carbocycles. The van der Waals surface area contributed by atoms with E-state index in [9.17, 15) is 8.78 Å². The van der Waals surface area contributed by atoms with Crippen LogP contribution in [0.5, 0.6) is 0 Å². The van der Waals surface area contributed by atoms with E-state index in [0.717, 1.165) is 25.5 Å². The normalized spacial score (nSPS) is 19.7. The Labute approximate surface area is 112 Å². The van der Waals surface area contributed by atoms with Gasteiger partial charge in [0.2, 0.25) is 0 Å². The number of aromatic nitrogens is 1. The molecular weight excluding hydrogens is 250 g/mol. The van der Waals surface area contributed by atoms with Gasteiger partial charge in [-0.2, -0.15) is 0 Å². The highest BCUT2D eigenvalue weighted by Crippen LogP contribution is 2.23. The zero-order valence-electron chi connectivity index (χ0n) is 11.6. The third-order valence-electron chi connectivity index (χ3n) is 3.67. The number of nitrogens with zero attached hydrogens (tertiary/aromatic N) is 3. The molecule has 1 unspecified atom stereocenters. The monoisotopic (exact) mass is 270 g/mol. The highest BCUT2D eigenvalue weighted by molar-refractivity contribution is 5.48. The van der Waals surface area contributed by atoms with Crippen molar-refractivity contribution in [2.24, 2.45) is 0 Å². The van der Waals surface area contributed by atoms with E-state index in [1.54, 1.807) is 19.0 Å². The standard InChI is InChI=1S/C13H20F2N4/c1-16-12-10(14)7-11(15)13(17-12)19(3)8-9-5-4-6-18(9)2/h7,9H,4-6,8H2,1-3H3,(H,16,17). The molecule has 106 valence electrons. The van der Waals surface area contributed by atoms with Gasteiger partial charge in [-0.15, -0.1) is 0 Å². The lowest BCUT2D eigenvalue weighted by atomic mass is 10.2. The zero-order chi connectivity index (χ0) is 14.0. The Kier molecular flexibility index (Phi) is 4.19. The lowest BCUT2D eigenvalue weighted by Gasteiger charge is -2.27. The topological polar surface area (TPSA) is 31.4 Å². The Bertz CT molecular complexity index is 453. The molecule has 2 rings (SSSR count). The molecule has 1 atom stereocenters. The molecule has 0 saturated carbocycles. The van der Waals surface area contributed by atoms with Crippen LogP contribution in [0.15, 0.2) is 6.07 Å². The average molecular weight is 270 g/mol. The number of nitrogens with one attached hydrogen (secondary N) is 1. The molecule has 0 radical (unpaired) electrons. The second-order valence-corrected chi connectivity index (χ2v) is 5.03. The summed E-state index contributed by atoms with van der Waals surface area (Å²) in [6, 6.07) is 1.28. The number of likely N-dealkylation sites (N-methyl/N-ethyl adjacent to an activating group) is 2. The first-order chi connectivity index (χ1) is 9.02. The first-order valence-electron chi connectivity index (χ1n) is 6.48. The minimum atomic E-state index is -0.671. The van der Waals surface area contributed by atoms with Crippen LogP contribution >= 0.6 is 0 Å². The van der Waals surface area contributed by atoms with Crippen LogP contribution < -0.4 is 10.2 Å². The number of halogens is 2. The highest BCUT2D eigenvalue weighted by atomic mass is 19.1. The largest absolute Gasteiger partial charge is 0.371 e. The Balaban J connectivity index is 2.16. The van der Waals surface area contributed by atoms with Crippen LogP contribution in [0.2, 0.25) is 0 Å². The van der Waals surface area contributed by atoms with Gasteiger partial charge in [0.25, 0.3) is 0 Å². The van der Waals surface area contributed by atoms with E-state index in [-0.39, 0.29) is 11.6 Å². The van der Waals surface area contributed by atoms with Gasteiger partial charge in [-0.25, -0.2) is 13.8 Å². The van der Waals surface area contributed by atoms with Crippen molar-refractivity contribution in [3.63, 3.8) is 0 Å². The van der Waals surface area contributed by atoms with Gasteiger partial charge < -0.3 is 15.1 Å². The number of anilines is 2. The van der Waals surface area contributed by atoms with Crippen LogP contribution in [-0.2, 0) is 0 Å². The van der Waals surface area contributed by atoms with Crippen LogP contribution in [0.25, 0.3) is 0 Å². The molecule has 1 aliphatic rings. The van der Waals surface area contributed by atoms with E-state index in [1.165, 1.54) is 0 Å². The van der Waals surface area contributed by atoms with E-state index in [0.29, 0.717) is 12.6 Å². The lowest BCUT2D eigenvalue weighted by molar-refractivity contribution is 0.313. The van der Waals surface area contributed by atoms with Gasteiger partial charge in [0.05, 0.1) is 0 Å². The highest BCUT2D eigenvalue weighted by Gasteiger charge is 2.24. The van der Waals surface area contributed by atoms with Crippen LogP contribution in [0.3, 0.4) is 0 Å². The summed E-state index contributed by atoms with van der Waals surface area (Å²) in [6.07, 6.45) is 2.26. The van der Waals surface area contributed by atoms with Crippen LogP contribution in [-0.4, -0.2) is 50.2 Å². The molecule has 1 fully saturated rings. The summed E-state index contributed by atoms with van der Waals surface area (Å²) in [5.74, 6) is -1.04. The fourth-order valence-corrected chi connectivity index (χ4v) is 2.51. The third kappa shape index (κ3) is 2.94. The van der Waals surface area contributed by atoms with Gasteiger partial charge in [0, 0.05) is 32.7 Å². The minimum Gasteiger partial charge on any atom is -0.371 e. The van der Waals surface area contributed by atoms with Crippen molar-refractivity contribution < 1.29 is 8.78 Å². The van der Waals surface area contributed by atoms with E-state index in [1.807, 2.05) is 0 Å². The van der Waals surface area contributed by atoms with Gasteiger partial charge in [-0.1, -0.05) is 0 Å². The van der Waals surface area contributed by atoms with E-state index in [2.05, 4.69) is 22.2 Å². The second kappa shape index (κ2) is 5.69. The molecule has 1 aromatic rings. The summed E-state index contributed by atoms with van der Waals surface area (Å²) in [4.78, 5) is 8.02. The van der Waals surface area contributed by atoms with Crippen molar-refractivity contribution in [1.29, 1.82) is 0 Å². The number of hydrogen-bond donors (Lipinski definition) is 1. The molecule has 1 saturated heterocycles. The maximum atomic E-state index is 13.8. The summed E-state index contributed by atoms with van der Waals surface area (Å²) < 4.78 is 27.2. The Morgan fingerprint density at radius 2 is 2.21 bits per heavy atom. The molecule has 0 amide bonds. The maximum Gasteiger partial charge on any atom is 0.168 e. The molecule has 1 aliphatic heterocycles. The Morgan fingerprint density at radius 3 is 2.79 bits per heavy atom. The fourth-order valence-electron chi connectivity index (χ4n) is 2.51. The molecular formula is C13H20F2N4. The molecule has 2 heterocycles. The molecule has 0 bridgehead atoms. The van der Waals surface area contributed by atoms with Gasteiger partial charge >= 0.3 is 0 Å². The summed E-state index contributed by atoms with van der Waals surface area (Å²) in [5, 5.41) is 2.63. The van der Waals surface area contributed by atoms with Crippen molar-refractivity contribution in [1.82, 2.24) is 9.88 Å². The fraction of sp³-hybridized carbons (Fsp3) is 0.615. The molecule has 0 aromatic carbocycles. The average Bonchev–Trinajstić information content (AvgIpc) is 2.75. The van der Waals surface area contributed by atoms with E-state index >= 15 is 0 Å². The first-order valence-corrected chi connectivity index (χ1v) is 6.48. The predicted octanol–water partition coefficient (Wildman–Crippen LogP) is 1.93. The van der Waals surface area contributed by atoms with Crippen LogP contribution in [0.1, 0.15) is 12.8 Å². The molecule has 4 nitrogen and oxygen atoms in total. The van der Waals surface area contributed by atoms with Gasteiger partial charge in [-0.05, 0) is 26.4 Å². The number of rotatable bonds is 4. The third-order valence-corrected chi connectivity index (χ3v) is 3.67. The summed E-state index contributed by atoms with van der Waals surface area (Å²) in [5.41, 5.74) is 0. The Morgan fingerprint density at radius 1 is 1.47 bits per heavy atom. The molecule has 19 heavy (non-hydrogen) atoms. The van der Waals surface area contributed by atoms with Gasteiger partial charge in [0.15, 0.2) is 23.3 Å². The predicted molar refractivity (Wildman–Crippen MR) is 72.6 cm³/mol. The van der Waals surface area contributed by atoms with Crippen molar-refractivity contribution >= 4 is 11.6 Å². The van der Waals surface area contributed by atoms with E-state index in [4.69, 9.17) is 0 Å². The van der Waals surface area contributed by atoms with Gasteiger partial charge in [-0.3, -0.25) is 0 Å². The number of pyridine rings is 1. The van der Waals surface area contributed by atoms with Crippen LogP contribution in [0.4, 0.5) is 20.4 Å². The maximum absolute atomic E-state index is 13.8. The number of hydrogen-bond acceptors (Lipinski definition) is 4. The minimum absolute atomic E-state index is 0.0722. The summed E-state index contributed by atoms with van der Waals surface area (Å²) >= 11 is 0. The molecule has 6 heteroatoms. The molecule has 0 spiro atoms. The SMILES string of the molecule is CNc1nc(N(C)CC2CCCN2C)c(F)cc1F. The van der Waals surface area contributed by atoms with E-state index < -0.39 is 11.6 Å². The van der Waals surface area contributed by atoms with Crippen molar-refractivity contribution in [2.45, 2.75) is 18.9 Å². The van der Waals surface area contributed by atoms with Crippen LogP contribution in [0, 0.1) is 11.6 Å². The second-order valence-electron chi connectivity index (χ2n) is 5.03. The number of likely N-dealkylation sites (tertiary alicyclic amines) is 1. The van der Waals surface area contributed by atoms with Gasteiger partial charge in [0.1, 0.15) is 0 Å². The molecule has 1 N–H and O–H groups in total. The quantitative estimate of drug-likeness (QED) is 0.906. The van der Waals surface area contributed by atoms with Crippen molar-refractivity contribution in [3.8, 4) is 0 Å². The smallest absolute Gasteiger partial charge is 0.168 e. The molecule has 1 aromatic heterocycles. The summed E-state index contributed by atoms with van der Waals surface area (Å²) in [6.45, 7) is 1.76. The van der Waals surface area contributed by atoms with Crippen molar-refractivity contribution in [2.75, 3.05) is 44.4 Å². The lowest BCUT2D eigenvalue weighted by Crippen LogP contribution is -2.37. The Hall–Kier alpha value is -1.43. The zero-order valence-corrected chi connectivity index (χ0v) is 11.6. The summed E-state index contributed by atoms with van der Waals surface area (Å²) in [7, 11) is 5.42.